The number of fused-ring (bicyclic) bond motifs is 1. The molecule has 2 nitrogen and oxygen atoms in total. The van der Waals surface area contributed by atoms with Gasteiger partial charge < -0.3 is 4.98 Å². The standard InChI is InChI=1S/C28H31F3N2/c1-4-5-8-24(21-11-12-27-22(17-21)13-15-32-27)25-18-33(16-14-19(25)2)20(3)23-9-6-7-10-26(23)28(29,30)31/h6-7,9-13,15,17,20,32H,2,4-5,8,14,16,18H2,1,3H3/b25-24+. The monoisotopic (exact) mass is 452 g/mol. The second-order valence-electron chi connectivity index (χ2n) is 8.93. The molecule has 0 amide bonds. The van der Waals surface area contributed by atoms with Crippen molar-refractivity contribution in [3.8, 4) is 0 Å². The summed E-state index contributed by atoms with van der Waals surface area (Å²) < 4.78 is 41.0. The number of piperidine rings is 1. The summed E-state index contributed by atoms with van der Waals surface area (Å²) in [5.74, 6) is 0. The Morgan fingerprint density at radius 3 is 2.70 bits per heavy atom. The first-order valence-electron chi connectivity index (χ1n) is 11.7. The topological polar surface area (TPSA) is 19.0 Å². The van der Waals surface area contributed by atoms with Crippen molar-refractivity contribution in [3.05, 3.63) is 89.1 Å². The average Bonchev–Trinajstić information content (AvgIpc) is 3.27. The van der Waals surface area contributed by atoms with E-state index >= 15 is 0 Å². The zero-order valence-electron chi connectivity index (χ0n) is 19.3. The van der Waals surface area contributed by atoms with Crippen LogP contribution in [-0.2, 0) is 6.18 Å². The van der Waals surface area contributed by atoms with Crippen LogP contribution >= 0.6 is 0 Å². The predicted octanol–water partition coefficient (Wildman–Crippen LogP) is 8.15. The van der Waals surface area contributed by atoms with E-state index in [1.807, 2.05) is 13.1 Å². The maximum atomic E-state index is 13.7. The van der Waals surface area contributed by atoms with Crippen molar-refractivity contribution in [2.24, 2.45) is 0 Å². The Morgan fingerprint density at radius 2 is 1.94 bits per heavy atom. The van der Waals surface area contributed by atoms with Crippen LogP contribution in [0.1, 0.15) is 62.3 Å². The number of halogens is 3. The molecule has 1 aliphatic heterocycles. The van der Waals surface area contributed by atoms with Crippen LogP contribution in [0.5, 0.6) is 0 Å². The Kier molecular flexibility index (Phi) is 6.80. The number of benzene rings is 2. The van der Waals surface area contributed by atoms with Crippen molar-refractivity contribution >= 4 is 16.5 Å². The van der Waals surface area contributed by atoms with Crippen molar-refractivity contribution < 1.29 is 13.2 Å². The number of allylic oxidation sites excluding steroid dienone is 1. The second-order valence-corrected chi connectivity index (χ2v) is 8.93. The Morgan fingerprint density at radius 1 is 1.15 bits per heavy atom. The third-order valence-corrected chi connectivity index (χ3v) is 6.80. The molecule has 0 radical (unpaired) electrons. The smallest absolute Gasteiger partial charge is 0.361 e. The van der Waals surface area contributed by atoms with Crippen LogP contribution in [-0.4, -0.2) is 23.0 Å². The molecule has 1 N–H and O–H groups in total. The number of nitrogens with zero attached hydrogens (tertiary/aromatic N) is 1. The highest BCUT2D eigenvalue weighted by molar-refractivity contribution is 5.85. The van der Waals surface area contributed by atoms with Crippen LogP contribution < -0.4 is 0 Å². The molecule has 0 spiro atoms. The molecular formula is C28H31F3N2. The van der Waals surface area contributed by atoms with Gasteiger partial charge in [0.15, 0.2) is 0 Å². The van der Waals surface area contributed by atoms with Gasteiger partial charge in [0.2, 0.25) is 0 Å². The molecule has 174 valence electrons. The minimum Gasteiger partial charge on any atom is -0.361 e. The molecule has 33 heavy (non-hydrogen) atoms. The molecule has 0 bridgehead atoms. The van der Waals surface area contributed by atoms with Crippen molar-refractivity contribution in [2.75, 3.05) is 13.1 Å². The van der Waals surface area contributed by atoms with Crippen molar-refractivity contribution in [1.29, 1.82) is 0 Å². The Balaban J connectivity index is 1.72. The summed E-state index contributed by atoms with van der Waals surface area (Å²) in [4.78, 5) is 5.40. The number of alkyl halides is 3. The average molecular weight is 453 g/mol. The molecule has 3 aromatic rings. The van der Waals surface area contributed by atoms with Gasteiger partial charge in [-0.3, -0.25) is 4.90 Å². The van der Waals surface area contributed by atoms with Crippen LogP contribution in [0.15, 0.2) is 72.5 Å². The first kappa shape index (κ1) is 23.4. The van der Waals surface area contributed by atoms with Gasteiger partial charge in [0.1, 0.15) is 0 Å². The maximum absolute atomic E-state index is 13.7. The van der Waals surface area contributed by atoms with Gasteiger partial charge in [0.25, 0.3) is 0 Å². The zero-order chi connectivity index (χ0) is 23.6. The highest BCUT2D eigenvalue weighted by Crippen LogP contribution is 2.39. The lowest BCUT2D eigenvalue weighted by Crippen LogP contribution is -2.35. The molecule has 5 heteroatoms. The molecule has 1 fully saturated rings. The van der Waals surface area contributed by atoms with Gasteiger partial charge in [-0.25, -0.2) is 0 Å². The molecule has 4 rings (SSSR count). The fourth-order valence-corrected chi connectivity index (χ4v) is 4.84. The lowest BCUT2D eigenvalue weighted by atomic mass is 9.86. The second kappa shape index (κ2) is 9.60. The highest BCUT2D eigenvalue weighted by atomic mass is 19.4. The lowest BCUT2D eigenvalue weighted by molar-refractivity contribution is -0.138. The fraction of sp³-hybridized carbons (Fsp3) is 0.357. The SMILES string of the molecule is C=C1CCN(C(C)c2ccccc2C(F)(F)F)C/C1=C(/CCCC)c1ccc2[nH]ccc2c1. The first-order chi connectivity index (χ1) is 15.8. The fourth-order valence-electron chi connectivity index (χ4n) is 4.84. The highest BCUT2D eigenvalue weighted by Gasteiger charge is 2.36. The molecule has 1 aromatic heterocycles. The Labute approximate surface area is 193 Å². The number of hydrogen-bond acceptors (Lipinski definition) is 1. The van der Waals surface area contributed by atoms with Gasteiger partial charge >= 0.3 is 6.18 Å². The van der Waals surface area contributed by atoms with Crippen LogP contribution in [0.4, 0.5) is 13.2 Å². The quantitative estimate of drug-likeness (QED) is 0.400. The molecule has 0 aliphatic carbocycles. The first-order valence-corrected chi connectivity index (χ1v) is 11.7. The van der Waals surface area contributed by atoms with E-state index in [2.05, 4.69) is 47.7 Å². The maximum Gasteiger partial charge on any atom is 0.416 e. The van der Waals surface area contributed by atoms with Gasteiger partial charge in [0.05, 0.1) is 5.56 Å². The number of likely N-dealkylation sites (tertiary alicyclic amines) is 1. The molecule has 0 saturated carbocycles. The number of rotatable bonds is 6. The van der Waals surface area contributed by atoms with Crippen LogP contribution in [0.25, 0.3) is 16.5 Å². The summed E-state index contributed by atoms with van der Waals surface area (Å²) in [6.45, 7) is 9.72. The van der Waals surface area contributed by atoms with E-state index in [0.717, 1.165) is 42.2 Å². The number of nitrogens with one attached hydrogen (secondary N) is 1. The molecular weight excluding hydrogens is 421 g/mol. The van der Waals surface area contributed by atoms with E-state index in [9.17, 15) is 13.2 Å². The normalized spacial score (nSPS) is 18.0. The van der Waals surface area contributed by atoms with Gasteiger partial charge in [-0.05, 0) is 83.7 Å². The van der Waals surface area contributed by atoms with Crippen LogP contribution in [0, 0.1) is 0 Å². The van der Waals surface area contributed by atoms with E-state index in [0.29, 0.717) is 18.7 Å². The Bertz CT molecular complexity index is 1170. The largest absolute Gasteiger partial charge is 0.416 e. The summed E-state index contributed by atoms with van der Waals surface area (Å²) in [6, 6.07) is 14.1. The van der Waals surface area contributed by atoms with Gasteiger partial charge in [-0.2, -0.15) is 13.2 Å². The zero-order valence-corrected chi connectivity index (χ0v) is 19.3. The van der Waals surface area contributed by atoms with E-state index < -0.39 is 11.7 Å². The van der Waals surface area contributed by atoms with Crippen molar-refractivity contribution in [2.45, 2.75) is 51.7 Å². The van der Waals surface area contributed by atoms with E-state index in [4.69, 9.17) is 0 Å². The molecule has 1 saturated heterocycles. The summed E-state index contributed by atoms with van der Waals surface area (Å²) in [5.41, 5.74) is 5.61. The van der Waals surface area contributed by atoms with Crippen LogP contribution in [0.2, 0.25) is 0 Å². The molecule has 1 atom stereocenters. The number of aromatic amines is 1. The van der Waals surface area contributed by atoms with E-state index in [1.165, 1.54) is 28.8 Å². The number of unbranched alkanes of at least 4 members (excludes halogenated alkanes) is 1. The van der Waals surface area contributed by atoms with Gasteiger partial charge in [-0.15, -0.1) is 0 Å². The van der Waals surface area contributed by atoms with Crippen molar-refractivity contribution in [3.63, 3.8) is 0 Å². The Hall–Kier alpha value is -2.79. The number of aromatic nitrogens is 1. The summed E-state index contributed by atoms with van der Waals surface area (Å²) in [7, 11) is 0. The molecule has 1 unspecified atom stereocenters. The van der Waals surface area contributed by atoms with Crippen LogP contribution in [0.3, 0.4) is 0 Å². The number of H-pyrrole nitrogens is 1. The summed E-state index contributed by atoms with van der Waals surface area (Å²) >= 11 is 0. The third-order valence-electron chi connectivity index (χ3n) is 6.80. The molecule has 2 aromatic carbocycles. The molecule has 1 aliphatic rings. The minimum absolute atomic E-state index is 0.334. The van der Waals surface area contributed by atoms with E-state index in [1.54, 1.807) is 12.1 Å². The third kappa shape index (κ3) is 4.93. The number of hydrogen-bond donors (Lipinski definition) is 1. The predicted molar refractivity (Wildman–Crippen MR) is 130 cm³/mol. The lowest BCUT2D eigenvalue weighted by Gasteiger charge is -2.37. The van der Waals surface area contributed by atoms with E-state index in [-0.39, 0.29) is 6.04 Å². The summed E-state index contributed by atoms with van der Waals surface area (Å²) in [5, 5.41) is 1.16. The van der Waals surface area contributed by atoms with Gasteiger partial charge in [-0.1, -0.05) is 44.2 Å². The summed E-state index contributed by atoms with van der Waals surface area (Å²) in [6.07, 6.45) is 1.41. The molecule has 2 heterocycles. The van der Waals surface area contributed by atoms with Crippen molar-refractivity contribution in [1.82, 2.24) is 9.88 Å². The minimum atomic E-state index is -4.36. The van der Waals surface area contributed by atoms with Gasteiger partial charge in [0, 0.05) is 30.8 Å².